The summed E-state index contributed by atoms with van der Waals surface area (Å²) >= 11 is 0. The second-order valence-corrected chi connectivity index (χ2v) is 14.2. The zero-order chi connectivity index (χ0) is 37.4. The Bertz CT molecular complexity index is 1310. The van der Waals surface area contributed by atoms with Crippen LogP contribution in [-0.2, 0) is 23.9 Å². The van der Waals surface area contributed by atoms with Gasteiger partial charge in [0, 0.05) is 19.6 Å². The molecule has 0 aromatic heterocycles. The molecular weight excluding hydrogens is 640 g/mol. The SMILES string of the molecule is C=CCNC(=O)C(=O)C(CCCC)NC(=O)C1C[C@@H](C(C)C)CN1CC(=O)C(NC(=O)NC(COC(=O)NCC)C(C)(C)C)c1ccccc1. The number of carbonyl (C=O) groups excluding carboxylic acids is 6. The number of unbranched alkanes of at least 4 members (excludes halogenated alkanes) is 1. The minimum Gasteiger partial charge on any atom is -0.447 e. The molecule has 1 aromatic carbocycles. The summed E-state index contributed by atoms with van der Waals surface area (Å²) in [6.45, 7) is 17.9. The molecule has 50 heavy (non-hydrogen) atoms. The van der Waals surface area contributed by atoms with Crippen molar-refractivity contribution in [1.29, 1.82) is 0 Å². The van der Waals surface area contributed by atoms with E-state index in [1.807, 2.05) is 27.7 Å². The van der Waals surface area contributed by atoms with Crippen molar-refractivity contribution in [3.05, 3.63) is 48.6 Å². The maximum absolute atomic E-state index is 14.1. The van der Waals surface area contributed by atoms with E-state index in [-0.39, 0.29) is 37.3 Å². The van der Waals surface area contributed by atoms with Crippen molar-refractivity contribution in [3.8, 4) is 0 Å². The number of hydrogen-bond donors (Lipinski definition) is 5. The zero-order valence-corrected chi connectivity index (χ0v) is 30.8. The lowest BCUT2D eigenvalue weighted by Crippen LogP contribution is -2.54. The van der Waals surface area contributed by atoms with Crippen LogP contribution in [0.15, 0.2) is 43.0 Å². The van der Waals surface area contributed by atoms with Crippen molar-refractivity contribution < 1.29 is 33.5 Å². The van der Waals surface area contributed by atoms with E-state index in [9.17, 15) is 28.8 Å². The second-order valence-electron chi connectivity index (χ2n) is 14.2. The van der Waals surface area contributed by atoms with Crippen molar-refractivity contribution in [2.45, 2.75) is 98.3 Å². The molecular formula is C37H58N6O7. The summed E-state index contributed by atoms with van der Waals surface area (Å²) in [6, 6.07) is 4.88. The number of nitrogens with one attached hydrogen (secondary N) is 5. The number of hydrogen-bond acceptors (Lipinski definition) is 8. The molecule has 4 unspecified atom stereocenters. The normalized spacial score (nSPS) is 17.9. The quantitative estimate of drug-likeness (QED) is 0.108. The van der Waals surface area contributed by atoms with Gasteiger partial charge in [0.2, 0.25) is 11.7 Å². The van der Waals surface area contributed by atoms with Gasteiger partial charge < -0.3 is 31.3 Å². The summed E-state index contributed by atoms with van der Waals surface area (Å²) in [4.78, 5) is 80.6. The molecule has 0 radical (unpaired) electrons. The molecule has 5 atom stereocenters. The minimum absolute atomic E-state index is 0.0778. The zero-order valence-electron chi connectivity index (χ0n) is 30.8. The van der Waals surface area contributed by atoms with Crippen LogP contribution in [-0.4, -0.2) is 91.3 Å². The maximum atomic E-state index is 14.1. The van der Waals surface area contributed by atoms with E-state index in [2.05, 4.69) is 47.0 Å². The lowest BCUT2D eigenvalue weighted by Gasteiger charge is -2.32. The van der Waals surface area contributed by atoms with Gasteiger partial charge in [-0.15, -0.1) is 6.58 Å². The average Bonchev–Trinajstić information content (AvgIpc) is 3.50. The van der Waals surface area contributed by atoms with Gasteiger partial charge in [-0.25, -0.2) is 9.59 Å². The van der Waals surface area contributed by atoms with Crippen molar-refractivity contribution >= 4 is 35.5 Å². The third kappa shape index (κ3) is 13.2. The third-order valence-corrected chi connectivity index (χ3v) is 8.93. The molecule has 0 bridgehead atoms. The van der Waals surface area contributed by atoms with Gasteiger partial charge in [-0.1, -0.05) is 90.8 Å². The first-order valence-corrected chi connectivity index (χ1v) is 17.6. The molecule has 1 aliphatic rings. The van der Waals surface area contributed by atoms with Crippen LogP contribution < -0.4 is 26.6 Å². The first-order valence-electron chi connectivity index (χ1n) is 17.6. The lowest BCUT2D eigenvalue weighted by atomic mass is 9.87. The number of ketones is 2. The highest BCUT2D eigenvalue weighted by molar-refractivity contribution is 6.38. The Labute approximate surface area is 297 Å². The first-order chi connectivity index (χ1) is 23.6. The van der Waals surface area contributed by atoms with Crippen molar-refractivity contribution in [1.82, 2.24) is 31.5 Å². The van der Waals surface area contributed by atoms with Gasteiger partial charge in [0.1, 0.15) is 12.6 Å². The van der Waals surface area contributed by atoms with Crippen LogP contribution in [0.25, 0.3) is 0 Å². The molecule has 13 heteroatoms. The van der Waals surface area contributed by atoms with Crippen LogP contribution in [0.4, 0.5) is 9.59 Å². The predicted octanol–water partition coefficient (Wildman–Crippen LogP) is 3.65. The standard InChI is InChI=1S/C37H58N6O7/c1-9-12-18-27(32(45)34(47)39-19-10-2)40-33(46)28-20-26(24(4)5)21-43(28)22-29(44)31(25-16-14-13-15-17-25)42-35(48)41-30(37(6,7)8)23-50-36(49)38-11-3/h10,13-17,24,26-28,30-31H,2,9,11-12,18-23H2,1,3-8H3,(H,38,49)(H,39,47)(H,40,46)(H2,41,42,48)/t26-,27?,28?,30?,31?/m1/s1. The molecule has 278 valence electrons. The molecule has 0 saturated carbocycles. The number of amides is 5. The maximum Gasteiger partial charge on any atom is 0.407 e. The van der Waals surface area contributed by atoms with E-state index < -0.39 is 59.3 Å². The molecule has 0 aliphatic carbocycles. The molecule has 1 fully saturated rings. The monoisotopic (exact) mass is 698 g/mol. The highest BCUT2D eigenvalue weighted by Crippen LogP contribution is 2.30. The van der Waals surface area contributed by atoms with Crippen molar-refractivity contribution in [2.24, 2.45) is 17.3 Å². The molecule has 1 aromatic rings. The summed E-state index contributed by atoms with van der Waals surface area (Å²) < 4.78 is 5.30. The predicted molar refractivity (Wildman–Crippen MR) is 192 cm³/mol. The molecule has 1 heterocycles. The topological polar surface area (TPSA) is 175 Å². The van der Waals surface area contributed by atoms with E-state index in [1.54, 1.807) is 42.2 Å². The molecule has 5 N–H and O–H groups in total. The van der Waals surface area contributed by atoms with Crippen LogP contribution in [0.1, 0.15) is 85.8 Å². The van der Waals surface area contributed by atoms with E-state index in [4.69, 9.17) is 4.74 Å². The molecule has 13 nitrogen and oxygen atoms in total. The molecule has 2 rings (SSSR count). The van der Waals surface area contributed by atoms with E-state index in [0.717, 1.165) is 6.42 Å². The van der Waals surface area contributed by atoms with Gasteiger partial charge in [0.05, 0.1) is 24.7 Å². The van der Waals surface area contributed by atoms with E-state index >= 15 is 0 Å². The van der Waals surface area contributed by atoms with Gasteiger partial charge in [-0.3, -0.25) is 24.1 Å². The van der Waals surface area contributed by atoms with E-state index in [1.165, 1.54) is 6.08 Å². The molecule has 0 spiro atoms. The summed E-state index contributed by atoms with van der Waals surface area (Å²) in [5.74, 6) is -1.94. The number of benzene rings is 1. The van der Waals surface area contributed by atoms with Crippen LogP contribution in [0.3, 0.4) is 0 Å². The number of ether oxygens (including phenoxy) is 1. The van der Waals surface area contributed by atoms with Crippen molar-refractivity contribution in [3.63, 3.8) is 0 Å². The van der Waals surface area contributed by atoms with Crippen LogP contribution in [0.2, 0.25) is 0 Å². The number of rotatable bonds is 19. The number of nitrogens with zero attached hydrogens (tertiary/aromatic N) is 1. The Morgan fingerprint density at radius 1 is 1.00 bits per heavy atom. The summed E-state index contributed by atoms with van der Waals surface area (Å²) in [6.07, 6.45) is 3.05. The average molecular weight is 699 g/mol. The third-order valence-electron chi connectivity index (χ3n) is 8.93. The number of carbonyl (C=O) groups is 6. The summed E-state index contributed by atoms with van der Waals surface area (Å²) in [7, 11) is 0. The van der Waals surface area contributed by atoms with Crippen LogP contribution in [0, 0.1) is 17.3 Å². The number of urea groups is 1. The van der Waals surface area contributed by atoms with Crippen LogP contribution >= 0.6 is 0 Å². The highest BCUT2D eigenvalue weighted by Gasteiger charge is 2.41. The largest absolute Gasteiger partial charge is 0.447 e. The Morgan fingerprint density at radius 3 is 2.26 bits per heavy atom. The number of Topliss-reactive ketones (excluding diaryl/α,β-unsaturated/α-hetero) is 2. The number of likely N-dealkylation sites (tertiary alicyclic amines) is 1. The molecule has 1 saturated heterocycles. The van der Waals surface area contributed by atoms with E-state index in [0.29, 0.717) is 37.9 Å². The van der Waals surface area contributed by atoms with Crippen LogP contribution in [0.5, 0.6) is 0 Å². The van der Waals surface area contributed by atoms with Gasteiger partial charge >= 0.3 is 12.1 Å². The molecule has 5 amide bonds. The van der Waals surface area contributed by atoms with Gasteiger partial charge in [-0.2, -0.15) is 0 Å². The highest BCUT2D eigenvalue weighted by atomic mass is 16.5. The second kappa shape index (κ2) is 20.4. The first kappa shape index (κ1) is 41.9. The summed E-state index contributed by atoms with van der Waals surface area (Å²) in [5.41, 5.74) is 0.0794. The van der Waals surface area contributed by atoms with Gasteiger partial charge in [0.25, 0.3) is 5.91 Å². The fraction of sp³-hybridized carbons (Fsp3) is 0.622. The Kier molecular flexibility index (Phi) is 17.1. The minimum atomic E-state index is -1.05. The number of alkyl carbamates (subject to hydrolysis) is 1. The Hall–Kier alpha value is -4.26. The Morgan fingerprint density at radius 2 is 1.68 bits per heavy atom. The fourth-order valence-electron chi connectivity index (χ4n) is 5.70. The van der Waals surface area contributed by atoms with Gasteiger partial charge in [0.15, 0.2) is 5.78 Å². The summed E-state index contributed by atoms with van der Waals surface area (Å²) in [5, 5.41) is 13.6. The fourth-order valence-corrected chi connectivity index (χ4v) is 5.70. The Balaban J connectivity index is 2.29. The lowest BCUT2D eigenvalue weighted by molar-refractivity contribution is -0.140. The molecule has 1 aliphatic heterocycles. The van der Waals surface area contributed by atoms with Crippen molar-refractivity contribution in [2.75, 3.05) is 32.8 Å². The smallest absolute Gasteiger partial charge is 0.407 e. The van der Waals surface area contributed by atoms with Gasteiger partial charge in [-0.05, 0) is 42.6 Å².